The number of benzene rings is 2. The number of nitrogens with one attached hydrogen (secondary N) is 1. The van der Waals surface area contributed by atoms with Crippen LogP contribution in [-0.4, -0.2) is 24.9 Å². The lowest BCUT2D eigenvalue weighted by Crippen LogP contribution is -1.99. The third-order valence-corrected chi connectivity index (χ3v) is 5.39. The molecule has 132 valence electrons. The first kappa shape index (κ1) is 18.2. The Morgan fingerprint density at radius 3 is 2.72 bits per heavy atom. The van der Waals surface area contributed by atoms with Crippen LogP contribution in [-0.2, 0) is 6.42 Å². The number of hydrogen-bond donors (Lipinski definition) is 2. The number of aromatic amines is 1. The molecule has 0 aliphatic rings. The molecule has 1 heterocycles. The van der Waals surface area contributed by atoms with Gasteiger partial charge in [0.15, 0.2) is 0 Å². The molecule has 0 amide bonds. The van der Waals surface area contributed by atoms with Gasteiger partial charge in [-0.25, -0.2) is 0 Å². The highest BCUT2D eigenvalue weighted by Gasteiger charge is 2.17. The molecule has 5 heteroatoms. The van der Waals surface area contributed by atoms with Crippen LogP contribution in [0, 0.1) is 0 Å². The summed E-state index contributed by atoms with van der Waals surface area (Å²) in [5.41, 5.74) is 10.3. The van der Waals surface area contributed by atoms with Gasteiger partial charge in [0.1, 0.15) is 5.75 Å². The molecule has 0 atom stereocenters. The maximum atomic E-state index is 6.25. The van der Waals surface area contributed by atoms with Crippen molar-refractivity contribution in [2.24, 2.45) is 5.73 Å². The number of hydrogen-bond acceptors (Lipinski definition) is 3. The van der Waals surface area contributed by atoms with Crippen LogP contribution in [0.2, 0.25) is 5.02 Å². The molecule has 0 unspecified atom stereocenters. The van der Waals surface area contributed by atoms with E-state index in [4.69, 9.17) is 22.1 Å². The van der Waals surface area contributed by atoms with Crippen molar-refractivity contribution < 1.29 is 4.74 Å². The molecular weight excluding hydrogens is 352 g/mol. The minimum absolute atomic E-state index is 0.712. The summed E-state index contributed by atoms with van der Waals surface area (Å²) in [5, 5.41) is 1.93. The van der Waals surface area contributed by atoms with E-state index >= 15 is 0 Å². The number of methoxy groups -OCH3 is 1. The Bertz CT molecular complexity index is 876. The number of ether oxygens (including phenoxy) is 1. The summed E-state index contributed by atoms with van der Waals surface area (Å²) in [5.74, 6) is 0.871. The molecule has 0 aliphatic carbocycles. The van der Waals surface area contributed by atoms with Crippen molar-refractivity contribution in [3.05, 3.63) is 47.0 Å². The SMILES string of the molecule is COc1ccc(SC)cc1-c1[nH]c2ccc(Cl)cc2c1CCCCN. The van der Waals surface area contributed by atoms with Gasteiger partial charge in [0.2, 0.25) is 0 Å². The second-order valence-electron chi connectivity index (χ2n) is 5.98. The first-order valence-corrected chi connectivity index (χ1v) is 10.0. The van der Waals surface area contributed by atoms with Gasteiger partial charge in [0.25, 0.3) is 0 Å². The van der Waals surface area contributed by atoms with Gasteiger partial charge in [-0.1, -0.05) is 11.6 Å². The molecule has 0 aliphatic heterocycles. The molecule has 3 nitrogen and oxygen atoms in total. The third kappa shape index (κ3) is 3.81. The minimum atomic E-state index is 0.712. The van der Waals surface area contributed by atoms with Gasteiger partial charge in [-0.15, -0.1) is 11.8 Å². The number of H-pyrrole nitrogens is 1. The highest BCUT2D eigenvalue weighted by Crippen LogP contribution is 2.39. The van der Waals surface area contributed by atoms with Gasteiger partial charge >= 0.3 is 0 Å². The molecule has 0 radical (unpaired) electrons. The lowest BCUT2D eigenvalue weighted by molar-refractivity contribution is 0.416. The predicted molar refractivity (Wildman–Crippen MR) is 109 cm³/mol. The lowest BCUT2D eigenvalue weighted by Gasteiger charge is -2.11. The van der Waals surface area contributed by atoms with Gasteiger partial charge in [-0.3, -0.25) is 0 Å². The van der Waals surface area contributed by atoms with Crippen LogP contribution in [0.15, 0.2) is 41.3 Å². The highest BCUT2D eigenvalue weighted by molar-refractivity contribution is 7.98. The summed E-state index contributed by atoms with van der Waals surface area (Å²) in [6, 6.07) is 12.3. The van der Waals surface area contributed by atoms with E-state index in [1.165, 1.54) is 15.8 Å². The third-order valence-electron chi connectivity index (χ3n) is 4.43. The molecule has 0 bridgehead atoms. The Balaban J connectivity index is 2.19. The first-order chi connectivity index (χ1) is 12.2. The van der Waals surface area contributed by atoms with Crippen molar-refractivity contribution in [1.29, 1.82) is 0 Å². The second kappa shape index (κ2) is 8.17. The quantitative estimate of drug-likeness (QED) is 0.424. The maximum absolute atomic E-state index is 6.25. The van der Waals surface area contributed by atoms with E-state index in [2.05, 4.69) is 23.4 Å². The Hall–Kier alpha value is -1.62. The topological polar surface area (TPSA) is 51.0 Å². The number of nitrogens with two attached hydrogens (primary N) is 1. The Kier molecular flexibility index (Phi) is 5.94. The number of thioether (sulfide) groups is 1. The Morgan fingerprint density at radius 1 is 1.16 bits per heavy atom. The van der Waals surface area contributed by atoms with Crippen molar-refractivity contribution in [2.45, 2.75) is 24.2 Å². The van der Waals surface area contributed by atoms with Crippen molar-refractivity contribution in [3.63, 3.8) is 0 Å². The zero-order chi connectivity index (χ0) is 17.8. The molecule has 3 rings (SSSR count). The van der Waals surface area contributed by atoms with E-state index < -0.39 is 0 Å². The normalized spacial score (nSPS) is 11.2. The number of aryl methyl sites for hydroxylation is 1. The molecule has 2 aromatic carbocycles. The average molecular weight is 375 g/mol. The molecule has 3 aromatic rings. The van der Waals surface area contributed by atoms with Crippen LogP contribution in [0.1, 0.15) is 18.4 Å². The van der Waals surface area contributed by atoms with E-state index in [-0.39, 0.29) is 0 Å². The summed E-state index contributed by atoms with van der Waals surface area (Å²) in [4.78, 5) is 4.79. The van der Waals surface area contributed by atoms with E-state index in [9.17, 15) is 0 Å². The zero-order valence-electron chi connectivity index (χ0n) is 14.6. The van der Waals surface area contributed by atoms with E-state index in [1.807, 2.05) is 24.3 Å². The van der Waals surface area contributed by atoms with E-state index in [0.29, 0.717) is 6.54 Å². The van der Waals surface area contributed by atoms with E-state index in [1.54, 1.807) is 18.9 Å². The van der Waals surface area contributed by atoms with Crippen molar-refractivity contribution in [2.75, 3.05) is 19.9 Å². The second-order valence-corrected chi connectivity index (χ2v) is 7.30. The zero-order valence-corrected chi connectivity index (χ0v) is 16.1. The number of rotatable bonds is 7. The number of aromatic nitrogens is 1. The van der Waals surface area contributed by atoms with Crippen molar-refractivity contribution in [3.8, 4) is 17.0 Å². The summed E-state index contributed by atoms with van der Waals surface area (Å²) in [7, 11) is 1.71. The summed E-state index contributed by atoms with van der Waals surface area (Å²) in [6.07, 6.45) is 5.10. The standard InChI is InChI=1S/C20H23ClN2OS/c1-24-19-9-7-14(25-2)12-17(19)20-15(5-3-4-10-22)16-11-13(21)6-8-18(16)23-20/h6-9,11-12,23H,3-5,10,22H2,1-2H3. The molecule has 0 spiro atoms. The monoisotopic (exact) mass is 374 g/mol. The smallest absolute Gasteiger partial charge is 0.128 e. The molecule has 0 fully saturated rings. The predicted octanol–water partition coefficient (Wildman–Crippen LogP) is 5.50. The van der Waals surface area contributed by atoms with Crippen LogP contribution in [0.25, 0.3) is 22.2 Å². The van der Waals surface area contributed by atoms with Crippen LogP contribution in [0.3, 0.4) is 0 Å². The van der Waals surface area contributed by atoms with Crippen molar-refractivity contribution in [1.82, 2.24) is 4.98 Å². The van der Waals surface area contributed by atoms with Gasteiger partial charge in [0.05, 0.1) is 12.8 Å². The fourth-order valence-electron chi connectivity index (χ4n) is 3.17. The molecule has 25 heavy (non-hydrogen) atoms. The molecular formula is C20H23ClN2OS. The fraction of sp³-hybridized carbons (Fsp3) is 0.300. The molecule has 0 saturated heterocycles. The molecule has 1 aromatic heterocycles. The number of fused-ring (bicyclic) bond motifs is 1. The summed E-state index contributed by atoms with van der Waals surface area (Å²) < 4.78 is 5.62. The first-order valence-electron chi connectivity index (χ1n) is 8.40. The molecule has 0 saturated carbocycles. The number of halogens is 1. The van der Waals surface area contributed by atoms with Gasteiger partial charge in [0, 0.05) is 26.4 Å². The van der Waals surface area contributed by atoms with Gasteiger partial charge in [-0.05, 0) is 74.0 Å². The van der Waals surface area contributed by atoms with Gasteiger partial charge < -0.3 is 15.5 Å². The maximum Gasteiger partial charge on any atom is 0.128 e. The average Bonchev–Trinajstić information content (AvgIpc) is 2.99. The van der Waals surface area contributed by atoms with Crippen LogP contribution >= 0.6 is 23.4 Å². The van der Waals surface area contributed by atoms with Crippen LogP contribution in [0.5, 0.6) is 5.75 Å². The fourth-order valence-corrected chi connectivity index (χ4v) is 3.78. The Morgan fingerprint density at radius 2 is 2.00 bits per heavy atom. The van der Waals surface area contributed by atoms with Gasteiger partial charge in [-0.2, -0.15) is 0 Å². The van der Waals surface area contributed by atoms with Crippen molar-refractivity contribution >= 4 is 34.3 Å². The summed E-state index contributed by atoms with van der Waals surface area (Å²) in [6.45, 7) is 0.712. The number of unbranched alkanes of at least 4 members (excludes halogenated alkanes) is 1. The lowest BCUT2D eigenvalue weighted by atomic mass is 9.99. The highest BCUT2D eigenvalue weighted by atomic mass is 35.5. The van der Waals surface area contributed by atoms with Crippen LogP contribution in [0.4, 0.5) is 0 Å². The largest absolute Gasteiger partial charge is 0.496 e. The van der Waals surface area contributed by atoms with E-state index in [0.717, 1.165) is 46.8 Å². The van der Waals surface area contributed by atoms with Crippen LogP contribution < -0.4 is 10.5 Å². The minimum Gasteiger partial charge on any atom is -0.496 e. The molecule has 3 N–H and O–H groups in total. The Labute approximate surface area is 157 Å². The summed E-state index contributed by atoms with van der Waals surface area (Å²) >= 11 is 7.98.